The molecular weight excluding hydrogens is 158 g/mol. The topological polar surface area (TPSA) is 0 Å². The fourth-order valence-corrected chi connectivity index (χ4v) is 2.04. The molecule has 0 nitrogen and oxygen atoms in total. The van der Waals surface area contributed by atoms with E-state index in [-0.39, 0.29) is 12.8 Å². The predicted molar refractivity (Wildman–Crippen MR) is 46.4 cm³/mol. The first kappa shape index (κ1) is 9.94. The maximum absolute atomic E-state index is 12.4. The van der Waals surface area contributed by atoms with Crippen LogP contribution in [0.25, 0.3) is 0 Å². The molecule has 0 unspecified atom stereocenters. The Morgan fingerprint density at radius 3 is 2.08 bits per heavy atom. The summed E-state index contributed by atoms with van der Waals surface area (Å²) in [7, 11) is 0. The van der Waals surface area contributed by atoms with Gasteiger partial charge in [-0.15, -0.1) is 0 Å². The largest absolute Gasteiger partial charge is 0.248 e. The van der Waals surface area contributed by atoms with Gasteiger partial charge in [0.1, 0.15) is 0 Å². The molecule has 0 bridgehead atoms. The van der Waals surface area contributed by atoms with Gasteiger partial charge in [0.25, 0.3) is 0 Å². The van der Waals surface area contributed by atoms with E-state index in [0.717, 1.165) is 19.3 Å². The van der Waals surface area contributed by atoms with Crippen molar-refractivity contribution in [1.29, 1.82) is 0 Å². The van der Waals surface area contributed by atoms with Crippen molar-refractivity contribution in [1.82, 2.24) is 0 Å². The lowest BCUT2D eigenvalue weighted by Gasteiger charge is -2.36. The molecule has 0 saturated heterocycles. The first-order valence-corrected chi connectivity index (χ1v) is 4.95. The molecule has 72 valence electrons. The molecule has 1 rings (SSSR count). The van der Waals surface area contributed by atoms with E-state index in [4.69, 9.17) is 0 Å². The molecule has 1 saturated carbocycles. The molecular formula is C10H18F2. The van der Waals surface area contributed by atoms with Crippen LogP contribution in [0, 0.1) is 11.8 Å². The van der Waals surface area contributed by atoms with Crippen LogP contribution in [0.5, 0.6) is 0 Å². The molecule has 0 aromatic heterocycles. The van der Waals surface area contributed by atoms with Gasteiger partial charge in [-0.2, -0.15) is 0 Å². The number of hydrogen-bond acceptors (Lipinski definition) is 0. The first-order chi connectivity index (χ1) is 5.57. The summed E-state index contributed by atoms with van der Waals surface area (Å²) in [4.78, 5) is 0. The summed E-state index contributed by atoms with van der Waals surface area (Å²) in [5.74, 6) is -1.34. The zero-order valence-corrected chi connectivity index (χ0v) is 7.95. The molecule has 12 heavy (non-hydrogen) atoms. The Kier molecular flexibility index (Phi) is 3.08. The molecule has 0 atom stereocenters. The summed E-state index contributed by atoms with van der Waals surface area (Å²) in [5, 5.41) is 0. The van der Waals surface area contributed by atoms with Gasteiger partial charge >= 0.3 is 0 Å². The predicted octanol–water partition coefficient (Wildman–Crippen LogP) is 3.86. The van der Waals surface area contributed by atoms with Crippen molar-refractivity contribution >= 4 is 0 Å². The molecule has 0 amide bonds. The van der Waals surface area contributed by atoms with Crippen molar-refractivity contribution in [3.05, 3.63) is 0 Å². The third kappa shape index (κ3) is 2.43. The van der Waals surface area contributed by atoms with Crippen LogP contribution in [0.2, 0.25) is 0 Å². The van der Waals surface area contributed by atoms with E-state index in [1.165, 1.54) is 0 Å². The molecule has 0 radical (unpaired) electrons. The zero-order valence-electron chi connectivity index (χ0n) is 7.95. The van der Waals surface area contributed by atoms with Gasteiger partial charge in [0, 0.05) is 12.8 Å². The normalized spacial score (nSPS) is 22.8. The van der Waals surface area contributed by atoms with Crippen molar-refractivity contribution < 1.29 is 8.78 Å². The molecule has 0 N–H and O–H groups in total. The Balaban J connectivity index is 2.17. The third-order valence-corrected chi connectivity index (χ3v) is 3.00. The van der Waals surface area contributed by atoms with E-state index in [9.17, 15) is 8.78 Å². The summed E-state index contributed by atoms with van der Waals surface area (Å²) >= 11 is 0. The number of halogens is 2. The average molecular weight is 176 g/mol. The molecule has 0 aromatic rings. The second-order valence-corrected chi connectivity index (χ2v) is 4.05. The molecule has 0 heterocycles. The van der Waals surface area contributed by atoms with E-state index in [1.54, 1.807) is 0 Å². The van der Waals surface area contributed by atoms with Gasteiger partial charge in [-0.05, 0) is 18.3 Å². The van der Waals surface area contributed by atoms with Crippen molar-refractivity contribution in [2.75, 3.05) is 0 Å². The second-order valence-electron chi connectivity index (χ2n) is 4.05. The van der Waals surface area contributed by atoms with Gasteiger partial charge in [0.15, 0.2) is 0 Å². The highest BCUT2D eigenvalue weighted by Crippen LogP contribution is 2.45. The van der Waals surface area contributed by atoms with Gasteiger partial charge in [0.2, 0.25) is 5.92 Å². The Morgan fingerprint density at radius 2 is 1.75 bits per heavy atom. The van der Waals surface area contributed by atoms with Gasteiger partial charge in [0.05, 0.1) is 0 Å². The van der Waals surface area contributed by atoms with Crippen LogP contribution >= 0.6 is 0 Å². The molecule has 0 aliphatic heterocycles. The Morgan fingerprint density at radius 1 is 1.25 bits per heavy atom. The fraction of sp³-hybridized carbons (Fsp3) is 1.00. The molecule has 1 fully saturated rings. The Labute approximate surface area is 73.3 Å². The molecule has 1 aliphatic rings. The van der Waals surface area contributed by atoms with E-state index >= 15 is 0 Å². The zero-order chi connectivity index (χ0) is 9.19. The quantitative estimate of drug-likeness (QED) is 0.610. The highest BCUT2D eigenvalue weighted by molar-refractivity contribution is 4.86. The fourth-order valence-electron chi connectivity index (χ4n) is 2.04. The van der Waals surface area contributed by atoms with Crippen LogP contribution in [-0.2, 0) is 0 Å². The van der Waals surface area contributed by atoms with Crippen LogP contribution in [0.15, 0.2) is 0 Å². The van der Waals surface area contributed by atoms with Crippen LogP contribution in [0.3, 0.4) is 0 Å². The molecule has 2 heteroatoms. The maximum Gasteiger partial charge on any atom is 0.248 e. The first-order valence-electron chi connectivity index (χ1n) is 4.95. The van der Waals surface area contributed by atoms with E-state index in [1.807, 2.05) is 0 Å². The summed E-state index contributed by atoms with van der Waals surface area (Å²) in [5.41, 5.74) is 0. The summed E-state index contributed by atoms with van der Waals surface area (Å²) < 4.78 is 24.9. The minimum Gasteiger partial charge on any atom is -0.207 e. The molecule has 1 aliphatic carbocycles. The van der Waals surface area contributed by atoms with Crippen molar-refractivity contribution in [2.45, 2.75) is 51.9 Å². The molecule has 0 aromatic carbocycles. The number of alkyl halides is 2. The highest BCUT2D eigenvalue weighted by atomic mass is 19.3. The smallest absolute Gasteiger partial charge is 0.207 e. The summed E-state index contributed by atoms with van der Waals surface area (Å²) in [6.07, 6.45) is 3.58. The van der Waals surface area contributed by atoms with Crippen molar-refractivity contribution in [3.63, 3.8) is 0 Å². The second kappa shape index (κ2) is 3.71. The Bertz CT molecular complexity index is 131. The number of hydrogen-bond donors (Lipinski definition) is 0. The van der Waals surface area contributed by atoms with Gasteiger partial charge < -0.3 is 0 Å². The molecule has 0 spiro atoms. The van der Waals surface area contributed by atoms with E-state index in [2.05, 4.69) is 13.8 Å². The van der Waals surface area contributed by atoms with Crippen LogP contribution < -0.4 is 0 Å². The SMILES string of the molecule is CCC(CC)CC1CC(F)(F)C1. The summed E-state index contributed by atoms with van der Waals surface area (Å²) in [6, 6.07) is 0. The van der Waals surface area contributed by atoms with Gasteiger partial charge in [-0.1, -0.05) is 26.7 Å². The Hall–Kier alpha value is -0.140. The van der Waals surface area contributed by atoms with Gasteiger partial charge in [-0.3, -0.25) is 0 Å². The third-order valence-electron chi connectivity index (χ3n) is 3.00. The number of rotatable bonds is 4. The van der Waals surface area contributed by atoms with Crippen LogP contribution in [0.1, 0.15) is 46.0 Å². The summed E-state index contributed by atoms with van der Waals surface area (Å²) in [6.45, 7) is 4.29. The minimum absolute atomic E-state index is 0.142. The van der Waals surface area contributed by atoms with Gasteiger partial charge in [-0.25, -0.2) is 8.78 Å². The average Bonchev–Trinajstić information content (AvgIpc) is 1.96. The van der Waals surface area contributed by atoms with Crippen LogP contribution in [-0.4, -0.2) is 5.92 Å². The standard InChI is InChI=1S/C10H18F2/c1-3-8(4-2)5-9-6-10(11,12)7-9/h8-9H,3-7H2,1-2H3. The monoisotopic (exact) mass is 176 g/mol. The van der Waals surface area contributed by atoms with E-state index in [0.29, 0.717) is 11.8 Å². The highest BCUT2D eigenvalue weighted by Gasteiger charge is 2.45. The lowest BCUT2D eigenvalue weighted by atomic mass is 9.75. The lowest BCUT2D eigenvalue weighted by molar-refractivity contribution is -0.115. The van der Waals surface area contributed by atoms with Crippen molar-refractivity contribution in [2.24, 2.45) is 11.8 Å². The van der Waals surface area contributed by atoms with Crippen molar-refractivity contribution in [3.8, 4) is 0 Å². The van der Waals surface area contributed by atoms with E-state index < -0.39 is 5.92 Å². The minimum atomic E-state index is -2.32. The van der Waals surface area contributed by atoms with Crippen LogP contribution in [0.4, 0.5) is 8.78 Å². The maximum atomic E-state index is 12.4. The lowest BCUT2D eigenvalue weighted by Crippen LogP contribution is -2.36.